The van der Waals surface area contributed by atoms with Crippen LogP contribution in [0.1, 0.15) is 12.0 Å². The summed E-state index contributed by atoms with van der Waals surface area (Å²) in [6.07, 6.45) is 1.52. The lowest BCUT2D eigenvalue weighted by Gasteiger charge is -2.07. The number of nitrogens with zero attached hydrogens (tertiary/aromatic N) is 1. The Labute approximate surface area is 144 Å². The predicted molar refractivity (Wildman–Crippen MR) is 87.5 cm³/mol. The molecule has 130 valence electrons. The van der Waals surface area contributed by atoms with Crippen LogP contribution in [0.5, 0.6) is 5.75 Å². The zero-order chi connectivity index (χ0) is 18.0. The van der Waals surface area contributed by atoms with E-state index >= 15 is 0 Å². The van der Waals surface area contributed by atoms with Gasteiger partial charge in [0.2, 0.25) is 0 Å². The van der Waals surface area contributed by atoms with Crippen LogP contribution in [0.2, 0.25) is 0 Å². The Morgan fingerprint density at radius 2 is 1.60 bits per heavy atom. The number of benzene rings is 2. The number of nitriles is 1. The topological polar surface area (TPSA) is 45.0 Å². The van der Waals surface area contributed by atoms with Gasteiger partial charge in [0.25, 0.3) is 0 Å². The third-order valence-electron chi connectivity index (χ3n) is 4.51. The van der Waals surface area contributed by atoms with E-state index in [2.05, 4.69) is 10.1 Å². The Morgan fingerprint density at radius 1 is 1.00 bits per heavy atom. The van der Waals surface area contributed by atoms with Crippen molar-refractivity contribution in [2.75, 3.05) is 20.2 Å². The third kappa shape index (κ3) is 3.77. The van der Waals surface area contributed by atoms with Gasteiger partial charge in [-0.2, -0.15) is 5.26 Å². The van der Waals surface area contributed by atoms with E-state index in [1.165, 1.54) is 31.6 Å². The molecule has 1 saturated carbocycles. The van der Waals surface area contributed by atoms with Crippen molar-refractivity contribution in [1.29, 1.82) is 5.26 Å². The van der Waals surface area contributed by atoms with Crippen LogP contribution in [-0.2, 0) is 0 Å². The highest BCUT2D eigenvalue weighted by Gasteiger charge is 2.40. The van der Waals surface area contributed by atoms with E-state index in [4.69, 9.17) is 5.26 Å². The van der Waals surface area contributed by atoms with Crippen molar-refractivity contribution in [3.63, 3.8) is 0 Å². The highest BCUT2D eigenvalue weighted by Crippen LogP contribution is 2.40. The second-order valence-electron chi connectivity index (χ2n) is 6.19. The van der Waals surface area contributed by atoms with Crippen LogP contribution in [0.4, 0.5) is 13.2 Å². The zero-order valence-electron chi connectivity index (χ0n) is 13.7. The third-order valence-corrected chi connectivity index (χ3v) is 4.51. The van der Waals surface area contributed by atoms with Crippen LogP contribution in [0.25, 0.3) is 11.1 Å². The van der Waals surface area contributed by atoms with Crippen molar-refractivity contribution in [3.8, 4) is 22.9 Å². The molecule has 2 aromatic rings. The molecular formula is C19H17F3N2O. The first-order valence-corrected chi connectivity index (χ1v) is 7.97. The zero-order valence-corrected chi connectivity index (χ0v) is 13.7. The summed E-state index contributed by atoms with van der Waals surface area (Å²) in [7, 11) is 1.16. The molecule has 0 bridgehead atoms. The molecule has 0 radical (unpaired) electrons. The maximum absolute atomic E-state index is 13.5. The van der Waals surface area contributed by atoms with E-state index in [0.29, 0.717) is 0 Å². The van der Waals surface area contributed by atoms with Crippen molar-refractivity contribution >= 4 is 0 Å². The van der Waals surface area contributed by atoms with Crippen molar-refractivity contribution < 1.29 is 17.9 Å². The fourth-order valence-corrected chi connectivity index (χ4v) is 2.97. The van der Waals surface area contributed by atoms with Gasteiger partial charge in [-0.15, -0.1) is 0 Å². The van der Waals surface area contributed by atoms with Crippen LogP contribution < -0.4 is 10.1 Å². The quantitative estimate of drug-likeness (QED) is 0.898. The van der Waals surface area contributed by atoms with Gasteiger partial charge in [-0.05, 0) is 66.7 Å². The van der Waals surface area contributed by atoms with Gasteiger partial charge >= 0.3 is 0 Å². The second kappa shape index (κ2) is 7.16. The lowest BCUT2D eigenvalue weighted by Crippen LogP contribution is -2.10. The summed E-state index contributed by atoms with van der Waals surface area (Å²) in [6.45, 7) is 2.62. The summed E-state index contributed by atoms with van der Waals surface area (Å²) in [5.41, 5.74) is 0.314. The van der Waals surface area contributed by atoms with E-state index in [1.54, 1.807) is 6.07 Å². The summed E-state index contributed by atoms with van der Waals surface area (Å²) in [4.78, 5) is 0. The van der Waals surface area contributed by atoms with E-state index in [-0.39, 0.29) is 16.7 Å². The number of halogens is 3. The van der Waals surface area contributed by atoms with Gasteiger partial charge in [-0.25, -0.2) is 13.2 Å². The van der Waals surface area contributed by atoms with Gasteiger partial charge in [0, 0.05) is 0 Å². The molecule has 6 heteroatoms. The van der Waals surface area contributed by atoms with Crippen molar-refractivity contribution in [2.45, 2.75) is 6.42 Å². The Kier molecular flexibility index (Phi) is 4.95. The van der Waals surface area contributed by atoms with E-state index < -0.39 is 23.2 Å². The Hall–Kier alpha value is -2.52. The predicted octanol–water partition coefficient (Wildman–Crippen LogP) is 3.88. The number of piperidine rings is 1. The summed E-state index contributed by atoms with van der Waals surface area (Å²) in [6, 6.07) is 7.49. The minimum Gasteiger partial charge on any atom is -0.491 e. The molecule has 25 heavy (non-hydrogen) atoms. The normalized spacial score (nSPS) is 20.1. The molecular weight excluding hydrogens is 329 g/mol. The van der Waals surface area contributed by atoms with Crippen molar-refractivity contribution in [1.82, 2.24) is 5.32 Å². The lowest BCUT2D eigenvalue weighted by atomic mass is 10.0. The van der Waals surface area contributed by atoms with E-state index in [0.717, 1.165) is 37.1 Å². The minimum atomic E-state index is -0.873. The highest BCUT2D eigenvalue weighted by atomic mass is 19.1. The molecule has 1 aliphatic carbocycles. The summed E-state index contributed by atoms with van der Waals surface area (Å²) in [5.74, 6) is -0.769. The molecule has 2 atom stereocenters. The molecule has 2 aliphatic rings. The molecule has 1 saturated heterocycles. The fourth-order valence-electron chi connectivity index (χ4n) is 2.97. The van der Waals surface area contributed by atoms with Crippen LogP contribution in [0.3, 0.4) is 0 Å². The van der Waals surface area contributed by atoms with Crippen molar-refractivity contribution in [3.05, 3.63) is 53.3 Å². The van der Waals surface area contributed by atoms with Gasteiger partial charge in [-0.3, -0.25) is 0 Å². The van der Waals surface area contributed by atoms with E-state index in [1.807, 2.05) is 0 Å². The second-order valence-corrected chi connectivity index (χ2v) is 6.19. The number of nitrogens with one attached hydrogen (secondary N) is 1. The number of rotatable bonds is 2. The molecule has 1 aliphatic heterocycles. The molecule has 1 heterocycles. The van der Waals surface area contributed by atoms with Crippen LogP contribution in [-0.4, -0.2) is 20.2 Å². The van der Waals surface area contributed by atoms with Crippen LogP contribution >= 0.6 is 0 Å². The van der Waals surface area contributed by atoms with Crippen LogP contribution in [0.15, 0.2) is 30.3 Å². The molecule has 1 N–H and O–H groups in total. The monoisotopic (exact) mass is 346 g/mol. The van der Waals surface area contributed by atoms with Crippen LogP contribution in [0, 0.1) is 40.6 Å². The maximum atomic E-state index is 13.5. The number of ether oxygens (including phenoxy) is 1. The number of fused-ring (bicyclic) bond motifs is 1. The highest BCUT2D eigenvalue weighted by molar-refractivity contribution is 5.65. The Morgan fingerprint density at radius 3 is 2.00 bits per heavy atom. The first kappa shape index (κ1) is 17.3. The number of hydrogen-bond acceptors (Lipinski definition) is 3. The molecule has 3 nitrogen and oxygen atoms in total. The summed E-state index contributed by atoms with van der Waals surface area (Å²) >= 11 is 0. The Bertz CT molecular complexity index is 801. The summed E-state index contributed by atoms with van der Waals surface area (Å²) in [5, 5.41) is 11.9. The molecule has 0 aromatic heterocycles. The van der Waals surface area contributed by atoms with Gasteiger partial charge < -0.3 is 10.1 Å². The number of methoxy groups -OCH3 is 1. The molecule has 2 fully saturated rings. The average molecular weight is 346 g/mol. The summed E-state index contributed by atoms with van der Waals surface area (Å²) < 4.78 is 45.1. The van der Waals surface area contributed by atoms with Gasteiger partial charge in [-0.1, -0.05) is 6.07 Å². The number of hydrogen-bond donors (Lipinski definition) is 1. The van der Waals surface area contributed by atoms with Crippen molar-refractivity contribution in [2.24, 2.45) is 11.8 Å². The molecule has 2 unspecified atom stereocenters. The molecule has 0 spiro atoms. The van der Waals surface area contributed by atoms with Gasteiger partial charge in [0.1, 0.15) is 11.9 Å². The Balaban J connectivity index is 0.000000250. The lowest BCUT2D eigenvalue weighted by molar-refractivity contribution is 0.360. The SMILES string of the molecule is C1NCC2CC12.COc1c(F)cc(-c2ccc(C#N)c(F)c2)cc1F. The van der Waals surface area contributed by atoms with Gasteiger partial charge in [0.15, 0.2) is 17.4 Å². The standard InChI is InChI=1S/C14H8F3NO.C5H9N/c1-19-14-12(16)5-10(6-13(14)17)8-2-3-9(7-18)11(15)4-8;1-4-2-6-3-5(1)4/h2-6H,1H3;4-6H,1-3H2. The fraction of sp³-hybridized carbons (Fsp3) is 0.316. The largest absolute Gasteiger partial charge is 0.491 e. The maximum Gasteiger partial charge on any atom is 0.190 e. The molecule has 4 rings (SSSR count). The molecule has 2 aromatic carbocycles. The molecule has 0 amide bonds. The first-order chi connectivity index (χ1) is 12.0. The van der Waals surface area contributed by atoms with Gasteiger partial charge in [0.05, 0.1) is 12.7 Å². The smallest absolute Gasteiger partial charge is 0.190 e. The first-order valence-electron chi connectivity index (χ1n) is 7.97. The minimum absolute atomic E-state index is 0.127. The average Bonchev–Trinajstić information content (AvgIpc) is 3.20. The van der Waals surface area contributed by atoms with E-state index in [9.17, 15) is 13.2 Å².